The molecule has 8 heteroatoms. The SMILES string of the molecule is COc1ccc(NC(=O)CCC(=O)c2ccc(F)cc2)cc1[N+](=O)[O-]. The van der Waals surface area contributed by atoms with Crippen LogP contribution in [-0.2, 0) is 4.79 Å². The van der Waals surface area contributed by atoms with Gasteiger partial charge in [-0.25, -0.2) is 4.39 Å². The Morgan fingerprint density at radius 1 is 1.16 bits per heavy atom. The fourth-order valence-electron chi connectivity index (χ4n) is 2.14. The first kappa shape index (κ1) is 18.1. The minimum Gasteiger partial charge on any atom is -0.490 e. The zero-order valence-electron chi connectivity index (χ0n) is 13.3. The van der Waals surface area contributed by atoms with E-state index in [0.717, 1.165) is 0 Å². The number of nitrogens with one attached hydrogen (secondary N) is 1. The molecule has 0 aliphatic heterocycles. The van der Waals surface area contributed by atoms with Crippen LogP contribution in [0.5, 0.6) is 5.75 Å². The number of ether oxygens (including phenoxy) is 1. The third-order valence-electron chi connectivity index (χ3n) is 3.40. The van der Waals surface area contributed by atoms with Crippen LogP contribution in [0.1, 0.15) is 23.2 Å². The van der Waals surface area contributed by atoms with Crippen molar-refractivity contribution in [2.24, 2.45) is 0 Å². The lowest BCUT2D eigenvalue weighted by Gasteiger charge is -2.07. The summed E-state index contributed by atoms with van der Waals surface area (Å²) >= 11 is 0. The van der Waals surface area contributed by atoms with Gasteiger partial charge in [0, 0.05) is 30.2 Å². The molecule has 0 saturated carbocycles. The second kappa shape index (κ2) is 8.00. The largest absolute Gasteiger partial charge is 0.490 e. The summed E-state index contributed by atoms with van der Waals surface area (Å²) in [4.78, 5) is 34.2. The van der Waals surface area contributed by atoms with E-state index in [1.165, 1.54) is 49.6 Å². The van der Waals surface area contributed by atoms with Crippen LogP contribution >= 0.6 is 0 Å². The van der Waals surface area contributed by atoms with Gasteiger partial charge in [-0.15, -0.1) is 0 Å². The van der Waals surface area contributed by atoms with Gasteiger partial charge in [-0.1, -0.05) is 0 Å². The number of anilines is 1. The Bertz CT molecular complexity index is 805. The number of amides is 1. The van der Waals surface area contributed by atoms with Gasteiger partial charge in [-0.2, -0.15) is 0 Å². The average molecular weight is 346 g/mol. The summed E-state index contributed by atoms with van der Waals surface area (Å²) in [6, 6.07) is 9.06. The molecule has 0 saturated heterocycles. The standard InChI is InChI=1S/C17H15FN2O5/c1-25-16-8-6-13(10-14(16)20(23)24)19-17(22)9-7-15(21)11-2-4-12(18)5-3-11/h2-6,8,10H,7,9H2,1H3,(H,19,22). The number of rotatable bonds is 7. The first-order chi connectivity index (χ1) is 11.9. The summed E-state index contributed by atoms with van der Waals surface area (Å²) in [6.45, 7) is 0. The Labute approximate surface area is 142 Å². The van der Waals surface area contributed by atoms with Crippen LogP contribution in [0.3, 0.4) is 0 Å². The molecule has 0 aliphatic carbocycles. The number of hydrogen-bond acceptors (Lipinski definition) is 5. The first-order valence-electron chi connectivity index (χ1n) is 7.31. The van der Waals surface area contributed by atoms with Gasteiger partial charge in [-0.05, 0) is 36.4 Å². The molecule has 7 nitrogen and oxygen atoms in total. The van der Waals surface area contributed by atoms with Gasteiger partial charge >= 0.3 is 5.69 Å². The molecule has 0 atom stereocenters. The number of carbonyl (C=O) groups excluding carboxylic acids is 2. The molecule has 0 unspecified atom stereocenters. The molecule has 2 aromatic rings. The summed E-state index contributed by atoms with van der Waals surface area (Å²) in [6.07, 6.45) is -0.161. The van der Waals surface area contributed by atoms with Crippen LogP contribution in [0.15, 0.2) is 42.5 Å². The molecular weight excluding hydrogens is 331 g/mol. The van der Waals surface area contributed by atoms with Crippen molar-refractivity contribution < 1.29 is 23.6 Å². The predicted molar refractivity (Wildman–Crippen MR) is 88.2 cm³/mol. The summed E-state index contributed by atoms with van der Waals surface area (Å²) in [7, 11) is 1.31. The molecule has 0 aliphatic rings. The zero-order chi connectivity index (χ0) is 18.4. The molecule has 130 valence electrons. The van der Waals surface area contributed by atoms with Crippen LogP contribution in [0.2, 0.25) is 0 Å². The van der Waals surface area contributed by atoms with E-state index in [-0.39, 0.29) is 35.7 Å². The second-order valence-corrected chi connectivity index (χ2v) is 5.12. The lowest BCUT2D eigenvalue weighted by atomic mass is 10.1. The number of hydrogen-bond donors (Lipinski definition) is 1. The third kappa shape index (κ3) is 4.84. The van der Waals surface area contributed by atoms with Crippen LogP contribution in [0, 0.1) is 15.9 Å². The van der Waals surface area contributed by atoms with Crippen molar-refractivity contribution in [3.63, 3.8) is 0 Å². The van der Waals surface area contributed by atoms with Crippen LogP contribution < -0.4 is 10.1 Å². The number of Topliss-reactive ketones (excluding diaryl/α,β-unsaturated/α-hetero) is 1. The van der Waals surface area contributed by atoms with Crippen molar-refractivity contribution in [3.05, 3.63) is 64.0 Å². The number of ketones is 1. The molecular formula is C17H15FN2O5. The van der Waals surface area contributed by atoms with Crippen molar-refractivity contribution in [2.45, 2.75) is 12.8 Å². The maximum Gasteiger partial charge on any atom is 0.312 e. The third-order valence-corrected chi connectivity index (χ3v) is 3.40. The summed E-state index contributed by atoms with van der Waals surface area (Å²) in [5.74, 6) is -1.13. The lowest BCUT2D eigenvalue weighted by Crippen LogP contribution is -2.13. The first-order valence-corrected chi connectivity index (χ1v) is 7.31. The van der Waals surface area contributed by atoms with E-state index in [9.17, 15) is 24.1 Å². The molecule has 0 radical (unpaired) electrons. The Balaban J connectivity index is 1.96. The minimum atomic E-state index is -0.619. The van der Waals surface area contributed by atoms with Crippen LogP contribution in [0.25, 0.3) is 0 Å². The van der Waals surface area contributed by atoms with Gasteiger partial charge in [0.15, 0.2) is 11.5 Å². The summed E-state index contributed by atoms with van der Waals surface area (Å²) < 4.78 is 17.7. The van der Waals surface area contributed by atoms with Gasteiger partial charge in [0.1, 0.15) is 5.82 Å². The highest BCUT2D eigenvalue weighted by Gasteiger charge is 2.16. The van der Waals surface area contributed by atoms with E-state index < -0.39 is 16.6 Å². The molecule has 2 aromatic carbocycles. The molecule has 25 heavy (non-hydrogen) atoms. The molecule has 0 fully saturated rings. The number of nitro groups is 1. The van der Waals surface area contributed by atoms with Crippen LogP contribution in [-0.4, -0.2) is 23.7 Å². The number of nitro benzene ring substituents is 1. The van der Waals surface area contributed by atoms with Crippen molar-refractivity contribution >= 4 is 23.1 Å². The Kier molecular flexibility index (Phi) is 5.78. The quantitative estimate of drug-likeness (QED) is 0.471. The highest BCUT2D eigenvalue weighted by atomic mass is 19.1. The number of nitrogens with zero attached hydrogens (tertiary/aromatic N) is 1. The van der Waals surface area contributed by atoms with Gasteiger partial charge < -0.3 is 10.1 Å². The van der Waals surface area contributed by atoms with Gasteiger partial charge in [0.2, 0.25) is 5.91 Å². The highest BCUT2D eigenvalue weighted by Crippen LogP contribution is 2.29. The number of carbonyl (C=O) groups is 2. The zero-order valence-corrected chi connectivity index (χ0v) is 13.3. The van der Waals surface area contributed by atoms with Crippen molar-refractivity contribution in [3.8, 4) is 5.75 Å². The summed E-state index contributed by atoms with van der Waals surface area (Å²) in [5.41, 5.74) is 0.267. The van der Waals surface area contributed by atoms with Gasteiger partial charge in [-0.3, -0.25) is 19.7 Å². The van der Waals surface area contributed by atoms with Crippen molar-refractivity contribution in [1.82, 2.24) is 0 Å². The molecule has 0 spiro atoms. The maximum absolute atomic E-state index is 12.8. The maximum atomic E-state index is 12.8. The van der Waals surface area contributed by atoms with Crippen molar-refractivity contribution in [2.75, 3.05) is 12.4 Å². The second-order valence-electron chi connectivity index (χ2n) is 5.12. The van der Waals surface area contributed by atoms with E-state index in [1.807, 2.05) is 0 Å². The highest BCUT2D eigenvalue weighted by molar-refractivity contribution is 6.00. The van der Waals surface area contributed by atoms with E-state index >= 15 is 0 Å². The monoisotopic (exact) mass is 346 g/mol. The number of methoxy groups -OCH3 is 1. The van der Waals surface area contributed by atoms with E-state index in [2.05, 4.69) is 5.32 Å². The normalized spacial score (nSPS) is 10.2. The Morgan fingerprint density at radius 2 is 1.84 bits per heavy atom. The van der Waals surface area contributed by atoms with Crippen molar-refractivity contribution in [1.29, 1.82) is 0 Å². The summed E-state index contributed by atoms with van der Waals surface area (Å²) in [5, 5.41) is 13.4. The van der Waals surface area contributed by atoms with Gasteiger partial charge in [0.05, 0.1) is 12.0 Å². The number of benzene rings is 2. The van der Waals surface area contributed by atoms with E-state index in [0.29, 0.717) is 5.56 Å². The fraction of sp³-hybridized carbons (Fsp3) is 0.176. The smallest absolute Gasteiger partial charge is 0.312 e. The molecule has 2 rings (SSSR count). The topological polar surface area (TPSA) is 98.5 Å². The fourth-order valence-corrected chi connectivity index (χ4v) is 2.14. The Morgan fingerprint density at radius 3 is 2.44 bits per heavy atom. The molecule has 1 N–H and O–H groups in total. The minimum absolute atomic E-state index is 0.0598. The van der Waals surface area contributed by atoms with E-state index in [4.69, 9.17) is 4.74 Å². The molecule has 0 heterocycles. The average Bonchev–Trinajstić information content (AvgIpc) is 2.60. The number of halogens is 1. The lowest BCUT2D eigenvalue weighted by molar-refractivity contribution is -0.385. The van der Waals surface area contributed by atoms with Gasteiger partial charge in [0.25, 0.3) is 0 Å². The molecule has 0 aromatic heterocycles. The molecule has 0 bridgehead atoms. The van der Waals surface area contributed by atoms with Crippen LogP contribution in [0.4, 0.5) is 15.8 Å². The Hall–Kier alpha value is -3.29. The predicted octanol–water partition coefficient (Wildman–Crippen LogP) is 3.34. The molecule has 1 amide bonds. The van der Waals surface area contributed by atoms with E-state index in [1.54, 1.807) is 0 Å².